The number of aliphatic hydroxyl groups is 1. The average molecular weight is 441 g/mol. The van der Waals surface area contributed by atoms with Gasteiger partial charge in [-0.05, 0) is 42.5 Å². The van der Waals surface area contributed by atoms with E-state index in [1.165, 1.54) is 31.5 Å². The van der Waals surface area contributed by atoms with Crippen LogP contribution in [0.15, 0.2) is 72.6 Å². The molecule has 1 saturated heterocycles. The number of carbonyl (C=O) groups is 2. The van der Waals surface area contributed by atoms with Crippen molar-refractivity contribution in [3.63, 3.8) is 0 Å². The Balaban J connectivity index is 2.01. The van der Waals surface area contributed by atoms with Crippen molar-refractivity contribution in [2.45, 2.75) is 6.04 Å². The first-order chi connectivity index (χ1) is 16.0. The first-order valence-corrected chi connectivity index (χ1v) is 9.94. The number of hydrogen-bond donors (Lipinski definition) is 1. The van der Waals surface area contributed by atoms with Crippen molar-refractivity contribution in [3.8, 4) is 17.6 Å². The number of methoxy groups -OCH3 is 2. The maximum atomic E-state index is 13.2. The molecule has 1 fully saturated rings. The van der Waals surface area contributed by atoms with Crippen LogP contribution in [0.25, 0.3) is 5.76 Å². The highest BCUT2D eigenvalue weighted by Gasteiger charge is 2.48. The van der Waals surface area contributed by atoms with Crippen LogP contribution in [0.4, 0.5) is 5.69 Å². The lowest BCUT2D eigenvalue weighted by Crippen LogP contribution is -2.29. The van der Waals surface area contributed by atoms with E-state index in [1.54, 1.807) is 54.6 Å². The first-order valence-electron chi connectivity index (χ1n) is 9.94. The van der Waals surface area contributed by atoms with Crippen LogP contribution in [0, 0.1) is 11.3 Å². The van der Waals surface area contributed by atoms with Gasteiger partial charge in [0.25, 0.3) is 11.7 Å². The summed E-state index contributed by atoms with van der Waals surface area (Å²) in [7, 11) is 2.94. The zero-order chi connectivity index (χ0) is 23.5. The van der Waals surface area contributed by atoms with Gasteiger partial charge in [0, 0.05) is 29.2 Å². The van der Waals surface area contributed by atoms with Crippen LogP contribution >= 0.6 is 0 Å². The number of amides is 1. The van der Waals surface area contributed by atoms with Crippen LogP contribution in [-0.4, -0.2) is 36.0 Å². The summed E-state index contributed by atoms with van der Waals surface area (Å²) >= 11 is 0. The highest BCUT2D eigenvalue weighted by Crippen LogP contribution is 2.47. The minimum Gasteiger partial charge on any atom is -0.507 e. The number of rotatable bonds is 5. The number of nitrogens with zero attached hydrogens (tertiary/aromatic N) is 3. The number of Topliss-reactive ketones (excluding diaryl/α,β-unsaturated/α-hetero) is 1. The number of ether oxygens (including phenoxy) is 2. The lowest BCUT2D eigenvalue weighted by Gasteiger charge is -2.27. The van der Waals surface area contributed by atoms with E-state index in [0.29, 0.717) is 33.9 Å². The van der Waals surface area contributed by atoms with Crippen molar-refractivity contribution in [3.05, 3.63) is 89.3 Å². The van der Waals surface area contributed by atoms with Crippen molar-refractivity contribution in [2.24, 2.45) is 0 Å². The van der Waals surface area contributed by atoms with E-state index in [1.807, 2.05) is 6.07 Å². The number of hydrogen-bond acceptors (Lipinski definition) is 7. The summed E-state index contributed by atoms with van der Waals surface area (Å²) in [6, 6.07) is 15.5. The second-order valence-corrected chi connectivity index (χ2v) is 7.15. The fourth-order valence-corrected chi connectivity index (χ4v) is 3.88. The van der Waals surface area contributed by atoms with E-state index >= 15 is 0 Å². The van der Waals surface area contributed by atoms with Gasteiger partial charge in [-0.15, -0.1) is 0 Å². The van der Waals surface area contributed by atoms with Gasteiger partial charge in [-0.3, -0.25) is 19.5 Å². The Labute approximate surface area is 189 Å². The van der Waals surface area contributed by atoms with Crippen LogP contribution in [-0.2, 0) is 9.59 Å². The van der Waals surface area contributed by atoms with E-state index in [0.717, 1.165) is 0 Å². The topological polar surface area (TPSA) is 113 Å². The van der Waals surface area contributed by atoms with Crippen molar-refractivity contribution in [1.82, 2.24) is 4.98 Å². The molecule has 1 N–H and O–H groups in total. The van der Waals surface area contributed by atoms with Crippen LogP contribution in [0.5, 0.6) is 11.5 Å². The minimum absolute atomic E-state index is 0.0953. The van der Waals surface area contributed by atoms with Gasteiger partial charge in [0.1, 0.15) is 5.76 Å². The number of pyridine rings is 1. The van der Waals surface area contributed by atoms with Crippen LogP contribution in [0.3, 0.4) is 0 Å². The Hall–Kier alpha value is -4.64. The summed E-state index contributed by atoms with van der Waals surface area (Å²) < 4.78 is 11.0. The molecule has 8 nitrogen and oxygen atoms in total. The van der Waals surface area contributed by atoms with Gasteiger partial charge in [0.15, 0.2) is 11.5 Å². The Bertz CT molecular complexity index is 1290. The molecule has 0 saturated carbocycles. The van der Waals surface area contributed by atoms with E-state index in [4.69, 9.17) is 14.7 Å². The minimum atomic E-state index is -1.00. The van der Waals surface area contributed by atoms with E-state index < -0.39 is 17.7 Å². The molecule has 8 heteroatoms. The monoisotopic (exact) mass is 441 g/mol. The van der Waals surface area contributed by atoms with E-state index in [9.17, 15) is 14.7 Å². The summed E-state index contributed by atoms with van der Waals surface area (Å²) in [4.78, 5) is 31.7. The molecule has 0 bridgehead atoms. The summed E-state index contributed by atoms with van der Waals surface area (Å²) in [6.45, 7) is 0. The number of para-hydroxylation sites is 1. The van der Waals surface area contributed by atoms with E-state index in [-0.39, 0.29) is 11.3 Å². The maximum Gasteiger partial charge on any atom is 0.300 e. The number of nitriles is 1. The predicted molar refractivity (Wildman–Crippen MR) is 120 cm³/mol. The molecule has 164 valence electrons. The van der Waals surface area contributed by atoms with Crippen molar-refractivity contribution in [2.75, 3.05) is 19.1 Å². The summed E-state index contributed by atoms with van der Waals surface area (Å²) in [6.07, 6.45) is 2.96. The standard InChI is InChI=1S/C25H19N3O5/c1-32-19-5-3-4-18(24(19)33-2)21-20(22(29)16-10-12-27-13-11-16)23(30)25(31)28(21)17-8-6-15(14-26)7-9-17/h3-13,21,29H,1-2H3/b22-20-. The number of anilines is 1. The third-order valence-corrected chi connectivity index (χ3v) is 5.40. The quantitative estimate of drug-likeness (QED) is 0.366. The number of ketones is 1. The number of aliphatic hydroxyl groups excluding tert-OH is 1. The van der Waals surface area contributed by atoms with Gasteiger partial charge < -0.3 is 14.6 Å². The molecule has 1 aliphatic rings. The Kier molecular flexibility index (Phi) is 5.79. The summed E-state index contributed by atoms with van der Waals surface area (Å²) in [5.41, 5.74) is 1.50. The second-order valence-electron chi connectivity index (χ2n) is 7.15. The molecule has 1 amide bonds. The molecule has 3 aromatic rings. The molecule has 1 aliphatic heterocycles. The van der Waals surface area contributed by atoms with Gasteiger partial charge in [-0.1, -0.05) is 12.1 Å². The molecule has 0 aliphatic carbocycles. The second kappa shape index (κ2) is 8.85. The van der Waals surface area contributed by atoms with Crippen molar-refractivity contribution >= 4 is 23.1 Å². The molecule has 1 unspecified atom stereocenters. The molecule has 2 heterocycles. The Morgan fingerprint density at radius 3 is 2.33 bits per heavy atom. The molecule has 1 aromatic heterocycles. The molecule has 33 heavy (non-hydrogen) atoms. The molecule has 0 spiro atoms. The SMILES string of the molecule is COc1cccc(C2/C(=C(/O)c3ccncc3)C(=O)C(=O)N2c2ccc(C#N)cc2)c1OC. The van der Waals surface area contributed by atoms with E-state index in [2.05, 4.69) is 4.98 Å². The number of aromatic nitrogens is 1. The maximum absolute atomic E-state index is 13.2. The van der Waals surface area contributed by atoms with Crippen molar-refractivity contribution in [1.29, 1.82) is 5.26 Å². The zero-order valence-electron chi connectivity index (χ0n) is 17.9. The highest BCUT2D eigenvalue weighted by atomic mass is 16.5. The van der Waals surface area contributed by atoms with Crippen molar-refractivity contribution < 1.29 is 24.2 Å². The lowest BCUT2D eigenvalue weighted by molar-refractivity contribution is -0.132. The smallest absolute Gasteiger partial charge is 0.300 e. The third-order valence-electron chi connectivity index (χ3n) is 5.40. The molecule has 4 rings (SSSR count). The average Bonchev–Trinajstić information content (AvgIpc) is 3.13. The van der Waals surface area contributed by atoms with Gasteiger partial charge >= 0.3 is 0 Å². The van der Waals surface area contributed by atoms with Crippen LogP contribution < -0.4 is 14.4 Å². The summed E-state index contributed by atoms with van der Waals surface area (Å²) in [5, 5.41) is 20.2. The van der Waals surface area contributed by atoms with Crippen LogP contribution in [0.2, 0.25) is 0 Å². The molecule has 0 radical (unpaired) electrons. The fourth-order valence-electron chi connectivity index (χ4n) is 3.88. The Morgan fingerprint density at radius 2 is 1.73 bits per heavy atom. The largest absolute Gasteiger partial charge is 0.507 e. The van der Waals surface area contributed by atoms with Crippen LogP contribution in [0.1, 0.15) is 22.7 Å². The zero-order valence-corrected chi connectivity index (χ0v) is 17.9. The van der Waals surface area contributed by atoms with Gasteiger partial charge in [0.2, 0.25) is 0 Å². The summed E-state index contributed by atoms with van der Waals surface area (Å²) in [5.74, 6) is -1.26. The normalized spacial score (nSPS) is 17.0. The molecule has 2 aromatic carbocycles. The number of carbonyl (C=O) groups excluding carboxylic acids is 2. The number of benzene rings is 2. The third kappa shape index (κ3) is 3.66. The Morgan fingerprint density at radius 1 is 1.03 bits per heavy atom. The predicted octanol–water partition coefficient (Wildman–Crippen LogP) is 3.60. The molecular formula is C25H19N3O5. The molecular weight excluding hydrogens is 422 g/mol. The van der Waals surface area contributed by atoms with Gasteiger partial charge in [-0.25, -0.2) is 0 Å². The highest BCUT2D eigenvalue weighted by molar-refractivity contribution is 6.51. The molecule has 1 atom stereocenters. The fraction of sp³-hybridized carbons (Fsp3) is 0.120. The van der Waals surface area contributed by atoms with Gasteiger partial charge in [0.05, 0.1) is 37.5 Å². The lowest BCUT2D eigenvalue weighted by atomic mass is 9.94. The van der Waals surface area contributed by atoms with Gasteiger partial charge in [-0.2, -0.15) is 5.26 Å². The first kappa shape index (κ1) is 21.6.